The van der Waals surface area contributed by atoms with E-state index in [1.54, 1.807) is 30.3 Å². The van der Waals surface area contributed by atoms with Gasteiger partial charge < -0.3 is 4.74 Å². The van der Waals surface area contributed by atoms with Gasteiger partial charge in [-0.15, -0.1) is 0 Å². The van der Waals surface area contributed by atoms with Crippen LogP contribution in [0.3, 0.4) is 0 Å². The summed E-state index contributed by atoms with van der Waals surface area (Å²) in [5.74, 6) is 0. The van der Waals surface area contributed by atoms with Crippen molar-refractivity contribution in [2.45, 2.75) is 6.92 Å². The van der Waals surface area contributed by atoms with E-state index in [1.807, 2.05) is 43.5 Å². The molecule has 0 aliphatic heterocycles. The van der Waals surface area contributed by atoms with Crippen LogP contribution >= 0.6 is 11.6 Å². The molecule has 0 saturated carbocycles. The van der Waals surface area contributed by atoms with Gasteiger partial charge in [-0.3, -0.25) is 4.98 Å². The van der Waals surface area contributed by atoms with Gasteiger partial charge in [0.15, 0.2) is 0 Å². The largest absolute Gasteiger partial charge is 0.504 e. The van der Waals surface area contributed by atoms with Gasteiger partial charge >= 0.3 is 0 Å². The zero-order chi connectivity index (χ0) is 16.2. The molecule has 0 amide bonds. The normalized spacial score (nSPS) is 11.1. The fourth-order valence-electron chi connectivity index (χ4n) is 2.22. The van der Waals surface area contributed by atoms with Gasteiger partial charge in [0.2, 0.25) is 0 Å². The maximum atomic E-state index is 6.27. The van der Waals surface area contributed by atoms with E-state index in [1.165, 1.54) is 0 Å². The first-order valence-corrected chi connectivity index (χ1v) is 7.41. The van der Waals surface area contributed by atoms with E-state index in [0.29, 0.717) is 5.15 Å². The number of aryl methyl sites for hydroxylation is 1. The Bertz CT molecular complexity index is 843. The lowest BCUT2D eigenvalue weighted by Gasteiger charge is -2.09. The van der Waals surface area contributed by atoms with Crippen molar-refractivity contribution in [2.75, 3.05) is 7.11 Å². The Labute approximate surface area is 139 Å². The van der Waals surface area contributed by atoms with Crippen molar-refractivity contribution in [3.8, 4) is 17.1 Å². The van der Waals surface area contributed by atoms with Crippen molar-refractivity contribution in [1.82, 2.24) is 19.7 Å². The highest BCUT2D eigenvalue weighted by molar-refractivity contribution is 6.31. The minimum absolute atomic E-state index is 0.406. The molecule has 0 saturated heterocycles. The summed E-state index contributed by atoms with van der Waals surface area (Å²) in [4.78, 5) is 8.60. The Balaban J connectivity index is 2.08. The topological polar surface area (TPSA) is 52.8 Å². The summed E-state index contributed by atoms with van der Waals surface area (Å²) in [6, 6.07) is 9.57. The first-order valence-electron chi connectivity index (χ1n) is 7.03. The Hall–Kier alpha value is -2.66. The summed E-state index contributed by atoms with van der Waals surface area (Å²) in [5.41, 5.74) is 4.00. The molecule has 6 heteroatoms. The highest BCUT2D eigenvalue weighted by Gasteiger charge is 2.12. The lowest BCUT2D eigenvalue weighted by atomic mass is 10.2. The van der Waals surface area contributed by atoms with E-state index < -0.39 is 0 Å². The number of rotatable bonds is 4. The summed E-state index contributed by atoms with van der Waals surface area (Å²) in [7, 11) is 1.58. The van der Waals surface area contributed by atoms with Gasteiger partial charge in [-0.05, 0) is 37.3 Å². The van der Waals surface area contributed by atoms with Crippen molar-refractivity contribution in [1.29, 1.82) is 0 Å². The van der Waals surface area contributed by atoms with E-state index in [4.69, 9.17) is 16.3 Å². The molecule has 3 rings (SSSR count). The Morgan fingerprint density at radius 3 is 2.83 bits per heavy atom. The highest BCUT2D eigenvalue weighted by Crippen LogP contribution is 2.25. The van der Waals surface area contributed by atoms with Crippen LogP contribution in [0, 0.1) is 6.92 Å². The second-order valence-electron chi connectivity index (χ2n) is 4.89. The Morgan fingerprint density at radius 1 is 1.22 bits per heavy atom. The van der Waals surface area contributed by atoms with Gasteiger partial charge in [0.1, 0.15) is 10.8 Å². The van der Waals surface area contributed by atoms with E-state index in [-0.39, 0.29) is 0 Å². The lowest BCUT2D eigenvalue weighted by Crippen LogP contribution is -2.01. The molecule has 0 aliphatic carbocycles. The van der Waals surface area contributed by atoms with Crippen LogP contribution in [-0.4, -0.2) is 26.9 Å². The maximum absolute atomic E-state index is 6.27. The van der Waals surface area contributed by atoms with Crippen LogP contribution < -0.4 is 0 Å². The number of hydrogen-bond donors (Lipinski definition) is 0. The Morgan fingerprint density at radius 2 is 2.09 bits per heavy atom. The summed E-state index contributed by atoms with van der Waals surface area (Å²) < 4.78 is 6.75. The first kappa shape index (κ1) is 15.2. The average molecular weight is 327 g/mol. The maximum Gasteiger partial charge on any atom is 0.138 e. The third-order valence-corrected chi connectivity index (χ3v) is 3.54. The number of pyridine rings is 2. The van der Waals surface area contributed by atoms with Gasteiger partial charge in [-0.25, -0.2) is 9.67 Å². The first-order chi connectivity index (χ1) is 11.2. The van der Waals surface area contributed by atoms with Gasteiger partial charge in [-0.1, -0.05) is 17.7 Å². The highest BCUT2D eigenvalue weighted by atomic mass is 35.5. The summed E-state index contributed by atoms with van der Waals surface area (Å²) in [6.07, 6.45) is 6.95. The van der Waals surface area contributed by atoms with Gasteiger partial charge in [0.25, 0.3) is 0 Å². The van der Waals surface area contributed by atoms with Gasteiger partial charge in [0.05, 0.1) is 24.8 Å². The molecule has 0 fully saturated rings. The van der Waals surface area contributed by atoms with Crippen molar-refractivity contribution in [3.63, 3.8) is 0 Å². The minimum atomic E-state index is 0.406. The third kappa shape index (κ3) is 3.24. The quantitative estimate of drug-likeness (QED) is 0.539. The molecular formula is C17H15ClN4O. The van der Waals surface area contributed by atoms with Gasteiger partial charge in [0, 0.05) is 23.7 Å². The fourth-order valence-corrected chi connectivity index (χ4v) is 2.51. The number of methoxy groups -OCH3 is 1. The van der Waals surface area contributed by atoms with E-state index in [0.717, 1.165) is 28.3 Å². The molecule has 0 spiro atoms. The standard InChI is InChI=1S/C17H15ClN4O/c1-12-11-16(13(7-10-23-2)17(18)20-12)22-9-6-15(21-22)14-5-3-4-8-19-14/h3-11H,1-2H3. The molecule has 0 unspecified atom stereocenters. The van der Waals surface area contributed by atoms with Crippen LogP contribution in [0.4, 0.5) is 0 Å². The number of halogens is 1. The average Bonchev–Trinajstić information content (AvgIpc) is 3.04. The van der Waals surface area contributed by atoms with Crippen molar-refractivity contribution < 1.29 is 4.74 Å². The molecule has 23 heavy (non-hydrogen) atoms. The molecule has 0 N–H and O–H groups in total. The molecule has 0 aliphatic rings. The molecule has 0 atom stereocenters. The number of ether oxygens (including phenoxy) is 1. The third-order valence-electron chi connectivity index (χ3n) is 3.25. The van der Waals surface area contributed by atoms with Crippen LogP contribution in [0.2, 0.25) is 5.15 Å². The van der Waals surface area contributed by atoms with Gasteiger partial charge in [-0.2, -0.15) is 5.10 Å². The van der Waals surface area contributed by atoms with Crippen LogP contribution in [0.15, 0.2) is 49.0 Å². The minimum Gasteiger partial charge on any atom is -0.504 e. The number of aromatic nitrogens is 4. The molecule has 3 aromatic heterocycles. The van der Waals surface area contributed by atoms with Crippen LogP contribution in [0.25, 0.3) is 23.2 Å². The van der Waals surface area contributed by atoms with Crippen LogP contribution in [-0.2, 0) is 4.74 Å². The van der Waals surface area contributed by atoms with E-state index >= 15 is 0 Å². The Kier molecular flexibility index (Phi) is 4.39. The monoisotopic (exact) mass is 326 g/mol. The second-order valence-corrected chi connectivity index (χ2v) is 5.24. The molecule has 0 radical (unpaired) electrons. The van der Waals surface area contributed by atoms with Crippen LogP contribution in [0.5, 0.6) is 0 Å². The molecule has 5 nitrogen and oxygen atoms in total. The smallest absolute Gasteiger partial charge is 0.138 e. The predicted octanol–water partition coefficient (Wildman–Crippen LogP) is 3.91. The molecular weight excluding hydrogens is 312 g/mol. The number of nitrogens with zero attached hydrogens (tertiary/aromatic N) is 4. The molecule has 0 bridgehead atoms. The summed E-state index contributed by atoms with van der Waals surface area (Å²) >= 11 is 6.27. The summed E-state index contributed by atoms with van der Waals surface area (Å²) in [6.45, 7) is 1.89. The van der Waals surface area contributed by atoms with Crippen molar-refractivity contribution in [3.05, 3.63) is 65.4 Å². The van der Waals surface area contributed by atoms with Crippen molar-refractivity contribution >= 4 is 17.7 Å². The zero-order valence-corrected chi connectivity index (χ0v) is 13.5. The van der Waals surface area contributed by atoms with Crippen molar-refractivity contribution in [2.24, 2.45) is 0 Å². The second kappa shape index (κ2) is 6.62. The van der Waals surface area contributed by atoms with E-state index in [9.17, 15) is 0 Å². The molecule has 3 heterocycles. The van der Waals surface area contributed by atoms with Crippen LogP contribution in [0.1, 0.15) is 11.3 Å². The summed E-state index contributed by atoms with van der Waals surface area (Å²) in [5, 5.41) is 5.00. The molecule has 116 valence electrons. The predicted molar refractivity (Wildman–Crippen MR) is 90.4 cm³/mol. The molecule has 3 aromatic rings. The molecule has 0 aromatic carbocycles. The zero-order valence-electron chi connectivity index (χ0n) is 12.8. The SMILES string of the molecule is COC=Cc1c(-n2ccc(-c3ccccn3)n2)cc(C)nc1Cl. The van der Waals surface area contributed by atoms with E-state index in [2.05, 4.69) is 15.1 Å². The number of hydrogen-bond acceptors (Lipinski definition) is 4. The lowest BCUT2D eigenvalue weighted by molar-refractivity contribution is 0.341. The fraction of sp³-hybridized carbons (Fsp3) is 0.118.